The summed E-state index contributed by atoms with van der Waals surface area (Å²) in [4.78, 5) is 16.5. The first-order chi connectivity index (χ1) is 10.2. The molecule has 0 bridgehead atoms. The molecule has 0 saturated carbocycles. The minimum Gasteiger partial charge on any atom is -0.494 e. The van der Waals surface area contributed by atoms with Crippen molar-refractivity contribution in [3.63, 3.8) is 0 Å². The topological polar surface area (TPSA) is 60.5 Å². The van der Waals surface area contributed by atoms with Gasteiger partial charge in [0.05, 0.1) is 19.4 Å². The first-order valence-corrected chi connectivity index (χ1v) is 7.09. The molecule has 1 N–H and O–H groups in total. The first kappa shape index (κ1) is 15.1. The van der Waals surface area contributed by atoms with Crippen LogP contribution in [0, 0.1) is 0 Å². The maximum atomic E-state index is 12.1. The molecule has 0 fully saturated rings. The van der Waals surface area contributed by atoms with Gasteiger partial charge >= 0.3 is 5.97 Å². The van der Waals surface area contributed by atoms with E-state index in [9.17, 15) is 4.79 Å². The van der Waals surface area contributed by atoms with Crippen molar-refractivity contribution in [3.8, 4) is 5.75 Å². The lowest BCUT2D eigenvalue weighted by molar-refractivity contribution is 0.0527. The van der Waals surface area contributed by atoms with Crippen LogP contribution in [-0.2, 0) is 4.74 Å². The van der Waals surface area contributed by atoms with Gasteiger partial charge in [-0.05, 0) is 19.4 Å². The van der Waals surface area contributed by atoms with Gasteiger partial charge in [-0.2, -0.15) is 0 Å². The van der Waals surface area contributed by atoms with Gasteiger partial charge in [0.1, 0.15) is 16.8 Å². The smallest absolute Gasteiger partial charge is 0.341 e. The molecule has 112 valence electrons. The van der Waals surface area contributed by atoms with Crippen LogP contribution in [0.4, 0.5) is 5.69 Å². The lowest BCUT2D eigenvalue weighted by atomic mass is 10.1. The summed E-state index contributed by atoms with van der Waals surface area (Å²) in [6, 6.07) is 5.66. The van der Waals surface area contributed by atoms with Gasteiger partial charge in [0, 0.05) is 18.1 Å². The number of anilines is 1. The van der Waals surface area contributed by atoms with E-state index in [0.29, 0.717) is 17.9 Å². The van der Waals surface area contributed by atoms with E-state index in [1.54, 1.807) is 20.2 Å². The van der Waals surface area contributed by atoms with Crippen molar-refractivity contribution in [2.45, 2.75) is 20.3 Å². The predicted molar refractivity (Wildman–Crippen MR) is 83.0 cm³/mol. The second-order valence-corrected chi connectivity index (χ2v) is 4.55. The maximum absolute atomic E-state index is 12.1. The largest absolute Gasteiger partial charge is 0.494 e. The fraction of sp³-hybridized carbons (Fsp3) is 0.375. The molecule has 0 aliphatic heterocycles. The van der Waals surface area contributed by atoms with Gasteiger partial charge in [0.15, 0.2) is 0 Å². The van der Waals surface area contributed by atoms with E-state index in [4.69, 9.17) is 9.47 Å². The van der Waals surface area contributed by atoms with Crippen LogP contribution in [0.1, 0.15) is 30.6 Å². The van der Waals surface area contributed by atoms with Crippen molar-refractivity contribution in [1.82, 2.24) is 4.98 Å². The van der Waals surface area contributed by atoms with E-state index in [1.807, 2.05) is 18.2 Å². The van der Waals surface area contributed by atoms with Gasteiger partial charge in [0.2, 0.25) is 0 Å². The quantitative estimate of drug-likeness (QED) is 0.827. The van der Waals surface area contributed by atoms with Crippen molar-refractivity contribution in [1.29, 1.82) is 0 Å². The highest BCUT2D eigenvalue weighted by Crippen LogP contribution is 2.31. The van der Waals surface area contributed by atoms with Crippen LogP contribution in [0.25, 0.3) is 10.9 Å². The fourth-order valence-corrected chi connectivity index (χ4v) is 2.16. The number of carbonyl (C=O) groups is 1. The molecule has 1 aromatic carbocycles. The summed E-state index contributed by atoms with van der Waals surface area (Å²) >= 11 is 0. The Labute approximate surface area is 124 Å². The van der Waals surface area contributed by atoms with Gasteiger partial charge in [-0.1, -0.05) is 19.1 Å². The Morgan fingerprint density at radius 3 is 2.81 bits per heavy atom. The van der Waals surface area contributed by atoms with E-state index in [-0.39, 0.29) is 5.97 Å². The van der Waals surface area contributed by atoms with Crippen LogP contribution >= 0.6 is 0 Å². The lowest BCUT2D eigenvalue weighted by Gasteiger charge is -2.14. The summed E-state index contributed by atoms with van der Waals surface area (Å²) in [5, 5.41) is 4.16. The minimum absolute atomic E-state index is 0.336. The Hall–Kier alpha value is -2.30. The molecular weight excluding hydrogens is 268 g/mol. The number of rotatable bonds is 6. The number of hydrogen-bond donors (Lipinski definition) is 1. The predicted octanol–water partition coefficient (Wildman–Crippen LogP) is 3.24. The second-order valence-electron chi connectivity index (χ2n) is 4.55. The van der Waals surface area contributed by atoms with Crippen molar-refractivity contribution in [2.75, 3.05) is 25.6 Å². The van der Waals surface area contributed by atoms with Crippen molar-refractivity contribution in [2.24, 2.45) is 0 Å². The van der Waals surface area contributed by atoms with Gasteiger partial charge < -0.3 is 14.8 Å². The Morgan fingerprint density at radius 2 is 2.14 bits per heavy atom. The molecule has 5 nitrogen and oxygen atoms in total. The molecule has 0 unspecified atom stereocenters. The normalized spacial score (nSPS) is 10.4. The zero-order chi connectivity index (χ0) is 15.2. The standard InChI is InChI=1S/C16H20N2O3/c1-4-9-17-14-11-7-6-8-13(20-3)15(11)18-10-12(14)16(19)21-5-2/h6-8,10H,4-5,9H2,1-3H3,(H,17,18). The molecule has 0 amide bonds. The number of benzene rings is 1. The minimum atomic E-state index is -0.367. The highest BCUT2D eigenvalue weighted by atomic mass is 16.5. The number of pyridine rings is 1. The summed E-state index contributed by atoms with van der Waals surface area (Å²) in [7, 11) is 1.61. The molecule has 1 aromatic heterocycles. The van der Waals surface area contributed by atoms with E-state index < -0.39 is 0 Å². The summed E-state index contributed by atoms with van der Waals surface area (Å²) in [5.41, 5.74) is 1.93. The van der Waals surface area contributed by atoms with Gasteiger partial charge in [0.25, 0.3) is 0 Å². The number of hydrogen-bond acceptors (Lipinski definition) is 5. The van der Waals surface area contributed by atoms with Crippen LogP contribution in [0.5, 0.6) is 5.75 Å². The number of nitrogens with zero attached hydrogens (tertiary/aromatic N) is 1. The van der Waals surface area contributed by atoms with E-state index in [0.717, 1.165) is 29.6 Å². The molecule has 0 saturated heterocycles. The Balaban J connectivity index is 2.61. The van der Waals surface area contributed by atoms with Crippen LogP contribution in [0.15, 0.2) is 24.4 Å². The average molecular weight is 288 g/mol. The number of aromatic nitrogens is 1. The Kier molecular flexibility index (Phi) is 4.98. The number of methoxy groups -OCH3 is 1. The molecule has 0 aliphatic rings. The molecule has 0 radical (unpaired) electrons. The van der Waals surface area contributed by atoms with Crippen molar-refractivity contribution >= 4 is 22.6 Å². The SMILES string of the molecule is CCCNc1c(C(=O)OCC)cnc2c(OC)cccc12. The molecule has 0 atom stereocenters. The number of nitrogens with one attached hydrogen (secondary N) is 1. The monoisotopic (exact) mass is 288 g/mol. The zero-order valence-electron chi connectivity index (χ0n) is 12.6. The molecule has 1 heterocycles. The number of fused-ring (bicyclic) bond motifs is 1. The van der Waals surface area contributed by atoms with Crippen LogP contribution in [0.3, 0.4) is 0 Å². The molecule has 2 rings (SSSR count). The van der Waals surface area contributed by atoms with Gasteiger partial charge in [-0.15, -0.1) is 0 Å². The number of ether oxygens (including phenoxy) is 2. The highest BCUT2D eigenvalue weighted by Gasteiger charge is 2.17. The van der Waals surface area contributed by atoms with Gasteiger partial charge in [-0.3, -0.25) is 4.98 Å². The third kappa shape index (κ3) is 3.07. The first-order valence-electron chi connectivity index (χ1n) is 7.09. The van der Waals surface area contributed by atoms with Crippen LogP contribution in [0.2, 0.25) is 0 Å². The third-order valence-corrected chi connectivity index (χ3v) is 3.13. The van der Waals surface area contributed by atoms with E-state index in [1.165, 1.54) is 0 Å². The van der Waals surface area contributed by atoms with Crippen molar-refractivity contribution in [3.05, 3.63) is 30.0 Å². The van der Waals surface area contributed by atoms with Crippen LogP contribution < -0.4 is 10.1 Å². The van der Waals surface area contributed by atoms with Crippen molar-refractivity contribution < 1.29 is 14.3 Å². The molecule has 2 aromatic rings. The van der Waals surface area contributed by atoms with E-state index >= 15 is 0 Å². The third-order valence-electron chi connectivity index (χ3n) is 3.13. The fourth-order valence-electron chi connectivity index (χ4n) is 2.16. The number of para-hydroxylation sites is 1. The zero-order valence-corrected chi connectivity index (χ0v) is 12.6. The summed E-state index contributed by atoms with van der Waals surface area (Å²) in [6.07, 6.45) is 2.50. The molecule has 0 aliphatic carbocycles. The lowest BCUT2D eigenvalue weighted by Crippen LogP contribution is -2.11. The molecule has 21 heavy (non-hydrogen) atoms. The maximum Gasteiger partial charge on any atom is 0.341 e. The molecular formula is C16H20N2O3. The average Bonchev–Trinajstić information content (AvgIpc) is 2.51. The van der Waals surface area contributed by atoms with Crippen LogP contribution in [-0.4, -0.2) is 31.2 Å². The molecule has 0 spiro atoms. The van der Waals surface area contributed by atoms with E-state index in [2.05, 4.69) is 17.2 Å². The Morgan fingerprint density at radius 1 is 1.33 bits per heavy atom. The highest BCUT2D eigenvalue weighted by molar-refractivity contribution is 6.06. The number of esters is 1. The van der Waals surface area contributed by atoms with Gasteiger partial charge in [-0.25, -0.2) is 4.79 Å². The summed E-state index contributed by atoms with van der Waals surface area (Å²) in [6.45, 7) is 4.96. The number of carbonyl (C=O) groups excluding carboxylic acids is 1. The molecule has 5 heteroatoms. The summed E-state index contributed by atoms with van der Waals surface area (Å²) in [5.74, 6) is 0.316. The Bertz CT molecular complexity index is 641. The summed E-state index contributed by atoms with van der Waals surface area (Å²) < 4.78 is 10.4. The second kappa shape index (κ2) is 6.92.